The Morgan fingerprint density at radius 1 is 1.03 bits per heavy atom. The third-order valence-corrected chi connectivity index (χ3v) is 7.50. The Kier molecular flexibility index (Phi) is 7.52. The van der Waals surface area contributed by atoms with Gasteiger partial charge in [-0.1, -0.05) is 6.07 Å². The van der Waals surface area contributed by atoms with E-state index in [0.717, 1.165) is 80.9 Å². The van der Waals surface area contributed by atoms with E-state index in [0.29, 0.717) is 17.5 Å². The van der Waals surface area contributed by atoms with E-state index < -0.39 is 6.10 Å². The van der Waals surface area contributed by atoms with Crippen LogP contribution < -0.4 is 10.2 Å². The lowest BCUT2D eigenvalue weighted by molar-refractivity contribution is 0.108. The molecule has 198 valence electrons. The van der Waals surface area contributed by atoms with Gasteiger partial charge in [0, 0.05) is 69.1 Å². The zero-order valence-corrected chi connectivity index (χ0v) is 22.1. The zero-order chi connectivity index (χ0) is 26.0. The van der Waals surface area contributed by atoms with Gasteiger partial charge < -0.3 is 20.4 Å². The maximum absolute atomic E-state index is 10.2. The van der Waals surface area contributed by atoms with Crippen LogP contribution in [0, 0.1) is 0 Å². The molecule has 3 aromatic heterocycles. The molecule has 0 bridgehead atoms. The number of nitrogens with zero attached hydrogens (tertiary/aromatic N) is 7. The zero-order valence-electron chi connectivity index (χ0n) is 22.1. The van der Waals surface area contributed by atoms with Gasteiger partial charge >= 0.3 is 0 Å². The Hall–Kier alpha value is -2.92. The van der Waals surface area contributed by atoms with Crippen LogP contribution in [-0.2, 0) is 6.54 Å². The first kappa shape index (κ1) is 25.7. The Bertz CT molecular complexity index is 1210. The summed E-state index contributed by atoms with van der Waals surface area (Å²) in [7, 11) is 0. The van der Waals surface area contributed by atoms with Gasteiger partial charge in [0.15, 0.2) is 5.82 Å². The number of aliphatic hydroxyl groups is 2. The molecule has 5 heterocycles. The summed E-state index contributed by atoms with van der Waals surface area (Å²) >= 11 is 0. The summed E-state index contributed by atoms with van der Waals surface area (Å²) in [5.41, 5.74) is 2.53. The maximum Gasteiger partial charge on any atom is 0.229 e. The molecule has 2 fully saturated rings. The molecule has 1 atom stereocenters. The van der Waals surface area contributed by atoms with E-state index in [4.69, 9.17) is 15.1 Å². The molecule has 0 spiro atoms. The molecule has 0 unspecified atom stereocenters. The standard InChI is InChI=1S/C27H38N8O2/c1-19(37)22-15-21-17-29-26(32-24(21)25(30-22)35-8-4-7-27(35,2)3)31-23-6-5-20(16-28-23)18-34-11-9-33(10-12-34)13-14-36/h5-6,15-17,19,36-37H,4,7-14,18H2,1-3H3,(H,28,29,31,32)/t19-/m1/s1. The van der Waals surface area contributed by atoms with Crippen LogP contribution in [0.15, 0.2) is 30.6 Å². The van der Waals surface area contributed by atoms with Gasteiger partial charge in [-0.3, -0.25) is 9.80 Å². The van der Waals surface area contributed by atoms with E-state index in [1.807, 2.05) is 18.3 Å². The molecule has 10 nitrogen and oxygen atoms in total. The molecular weight excluding hydrogens is 468 g/mol. The van der Waals surface area contributed by atoms with E-state index in [-0.39, 0.29) is 12.1 Å². The van der Waals surface area contributed by atoms with Crippen LogP contribution in [-0.4, -0.2) is 91.4 Å². The molecule has 0 aliphatic carbocycles. The number of piperazine rings is 1. The summed E-state index contributed by atoms with van der Waals surface area (Å²) in [5.74, 6) is 1.95. The van der Waals surface area contributed by atoms with Gasteiger partial charge in [0.2, 0.25) is 5.95 Å². The lowest BCUT2D eigenvalue weighted by Crippen LogP contribution is -2.46. The molecule has 0 amide bonds. The van der Waals surface area contributed by atoms with Gasteiger partial charge in [0.05, 0.1) is 18.4 Å². The summed E-state index contributed by atoms with van der Waals surface area (Å²) in [6, 6.07) is 5.92. The predicted octanol–water partition coefficient (Wildman–Crippen LogP) is 2.71. The first-order valence-electron chi connectivity index (χ1n) is 13.2. The predicted molar refractivity (Wildman–Crippen MR) is 145 cm³/mol. The topological polar surface area (TPSA) is 114 Å². The minimum Gasteiger partial charge on any atom is -0.395 e. The number of rotatable bonds is 8. The smallest absolute Gasteiger partial charge is 0.229 e. The van der Waals surface area contributed by atoms with Crippen LogP contribution >= 0.6 is 0 Å². The summed E-state index contributed by atoms with van der Waals surface area (Å²) in [6.45, 7) is 12.9. The van der Waals surface area contributed by atoms with E-state index in [1.54, 1.807) is 13.1 Å². The molecular formula is C27H38N8O2. The highest BCUT2D eigenvalue weighted by Crippen LogP contribution is 2.37. The highest BCUT2D eigenvalue weighted by Gasteiger charge is 2.34. The van der Waals surface area contributed by atoms with Crippen molar-refractivity contribution in [2.24, 2.45) is 0 Å². The van der Waals surface area contributed by atoms with Crippen molar-refractivity contribution in [3.8, 4) is 0 Å². The fourth-order valence-electron chi connectivity index (χ4n) is 5.28. The van der Waals surface area contributed by atoms with Crippen molar-refractivity contribution in [2.75, 3.05) is 56.1 Å². The van der Waals surface area contributed by atoms with Crippen molar-refractivity contribution in [3.63, 3.8) is 0 Å². The minimum atomic E-state index is -0.668. The van der Waals surface area contributed by atoms with Crippen LogP contribution in [0.3, 0.4) is 0 Å². The van der Waals surface area contributed by atoms with Crippen LogP contribution in [0.2, 0.25) is 0 Å². The number of nitrogens with one attached hydrogen (secondary N) is 1. The lowest BCUT2D eigenvalue weighted by Gasteiger charge is -2.34. The number of anilines is 3. The van der Waals surface area contributed by atoms with Crippen molar-refractivity contribution in [1.82, 2.24) is 29.7 Å². The van der Waals surface area contributed by atoms with Crippen molar-refractivity contribution in [3.05, 3.63) is 41.9 Å². The van der Waals surface area contributed by atoms with Crippen molar-refractivity contribution in [2.45, 2.75) is 51.8 Å². The average molecular weight is 507 g/mol. The van der Waals surface area contributed by atoms with Crippen molar-refractivity contribution < 1.29 is 10.2 Å². The lowest BCUT2D eigenvalue weighted by atomic mass is 10.0. The Labute approximate surface area is 218 Å². The molecule has 0 aromatic carbocycles. The average Bonchev–Trinajstić information content (AvgIpc) is 3.24. The molecule has 2 aliphatic heterocycles. The molecule has 2 saturated heterocycles. The first-order chi connectivity index (χ1) is 17.8. The van der Waals surface area contributed by atoms with Gasteiger partial charge in [-0.2, -0.15) is 0 Å². The number of hydrogen-bond acceptors (Lipinski definition) is 10. The maximum atomic E-state index is 10.2. The monoisotopic (exact) mass is 506 g/mol. The normalized spacial score (nSPS) is 19.4. The fraction of sp³-hybridized carbons (Fsp3) is 0.556. The second-order valence-electron chi connectivity index (χ2n) is 10.8. The number of pyridine rings is 2. The minimum absolute atomic E-state index is 0.0291. The Morgan fingerprint density at radius 3 is 2.46 bits per heavy atom. The molecule has 2 aliphatic rings. The van der Waals surface area contributed by atoms with Crippen molar-refractivity contribution in [1.29, 1.82) is 0 Å². The number of hydrogen-bond donors (Lipinski definition) is 3. The Balaban J connectivity index is 1.32. The molecule has 5 rings (SSSR count). The van der Waals surface area contributed by atoms with E-state index >= 15 is 0 Å². The second-order valence-corrected chi connectivity index (χ2v) is 10.8. The largest absolute Gasteiger partial charge is 0.395 e. The molecule has 37 heavy (non-hydrogen) atoms. The second kappa shape index (κ2) is 10.8. The van der Waals surface area contributed by atoms with Crippen LogP contribution in [0.5, 0.6) is 0 Å². The SMILES string of the molecule is C[C@@H](O)c1cc2cnc(Nc3ccc(CN4CCN(CCO)CC4)cn3)nc2c(N2CCCC2(C)C)n1. The first-order valence-corrected chi connectivity index (χ1v) is 13.2. The Morgan fingerprint density at radius 2 is 1.81 bits per heavy atom. The van der Waals surface area contributed by atoms with Crippen molar-refractivity contribution >= 4 is 28.5 Å². The molecule has 0 radical (unpaired) electrons. The number of fused-ring (bicyclic) bond motifs is 1. The number of aliphatic hydroxyl groups excluding tert-OH is 2. The highest BCUT2D eigenvalue weighted by molar-refractivity contribution is 5.90. The van der Waals surface area contributed by atoms with E-state index in [9.17, 15) is 5.11 Å². The highest BCUT2D eigenvalue weighted by atomic mass is 16.3. The number of β-amino-alcohol motifs (C(OH)–C–C–N with tert-alkyl or cyclic N) is 1. The molecule has 3 N–H and O–H groups in total. The van der Waals surface area contributed by atoms with Crippen LogP contribution in [0.4, 0.5) is 17.6 Å². The van der Waals surface area contributed by atoms with Gasteiger partial charge in [-0.05, 0) is 51.3 Å². The van der Waals surface area contributed by atoms with Crippen LogP contribution in [0.25, 0.3) is 10.9 Å². The molecule has 3 aromatic rings. The van der Waals surface area contributed by atoms with Crippen LogP contribution in [0.1, 0.15) is 51.0 Å². The third-order valence-electron chi connectivity index (χ3n) is 7.50. The summed E-state index contributed by atoms with van der Waals surface area (Å²) in [4.78, 5) is 25.8. The number of aromatic nitrogens is 4. The fourth-order valence-corrected chi connectivity index (χ4v) is 5.28. The van der Waals surface area contributed by atoms with E-state index in [1.165, 1.54) is 0 Å². The third kappa shape index (κ3) is 5.82. The quantitative estimate of drug-likeness (QED) is 0.421. The van der Waals surface area contributed by atoms with Gasteiger partial charge in [0.1, 0.15) is 11.3 Å². The summed E-state index contributed by atoms with van der Waals surface area (Å²) < 4.78 is 0. The van der Waals surface area contributed by atoms with Gasteiger partial charge in [0.25, 0.3) is 0 Å². The van der Waals surface area contributed by atoms with Gasteiger partial charge in [-0.15, -0.1) is 0 Å². The molecule has 0 saturated carbocycles. The summed E-state index contributed by atoms with van der Waals surface area (Å²) in [5, 5.41) is 23.5. The summed E-state index contributed by atoms with van der Waals surface area (Å²) in [6.07, 6.45) is 5.20. The molecule has 10 heteroatoms. The van der Waals surface area contributed by atoms with Gasteiger partial charge in [-0.25, -0.2) is 19.9 Å². The van der Waals surface area contributed by atoms with E-state index in [2.05, 4.69) is 49.9 Å².